The first kappa shape index (κ1) is 18.7. The van der Waals surface area contributed by atoms with Crippen molar-refractivity contribution in [3.8, 4) is 0 Å². The lowest BCUT2D eigenvalue weighted by molar-refractivity contribution is 0.0636. The number of aromatic nitrogens is 2. The summed E-state index contributed by atoms with van der Waals surface area (Å²) in [7, 11) is -3.33. The molecule has 2 aliphatic heterocycles. The highest BCUT2D eigenvalue weighted by molar-refractivity contribution is 7.92. The van der Waals surface area contributed by atoms with Gasteiger partial charge in [0.25, 0.3) is 0 Å². The number of rotatable bonds is 6. The molecule has 0 spiro atoms. The zero-order chi connectivity index (χ0) is 18.0. The number of anilines is 1. The third-order valence-corrected chi connectivity index (χ3v) is 6.83. The van der Waals surface area contributed by atoms with Crippen LogP contribution in [-0.4, -0.2) is 55.0 Å². The van der Waals surface area contributed by atoms with Gasteiger partial charge in [-0.2, -0.15) is 5.10 Å². The van der Waals surface area contributed by atoms with Gasteiger partial charge in [-0.25, -0.2) is 8.42 Å². The van der Waals surface area contributed by atoms with E-state index >= 15 is 0 Å². The first-order valence-corrected chi connectivity index (χ1v) is 11.5. The van der Waals surface area contributed by atoms with Crippen LogP contribution in [0.3, 0.4) is 0 Å². The molecule has 7 heteroatoms. The normalized spacial score (nSPS) is 24.9. The number of aryl methyl sites for hydroxylation is 2. The minimum atomic E-state index is -3.33. The molecular formula is C18H32N4O2S. The van der Waals surface area contributed by atoms with Crippen LogP contribution in [0.25, 0.3) is 0 Å². The number of fused-ring (bicyclic) bond motifs is 1. The van der Waals surface area contributed by atoms with Gasteiger partial charge in [-0.3, -0.25) is 8.99 Å². The Morgan fingerprint density at radius 1 is 1.24 bits per heavy atom. The quantitative estimate of drug-likeness (QED) is 0.774. The van der Waals surface area contributed by atoms with E-state index < -0.39 is 10.0 Å². The minimum Gasteiger partial charge on any atom is -0.300 e. The summed E-state index contributed by atoms with van der Waals surface area (Å²) >= 11 is 0. The fraction of sp³-hybridized carbons (Fsp3) is 0.833. The Labute approximate surface area is 152 Å². The van der Waals surface area contributed by atoms with Crippen molar-refractivity contribution in [1.29, 1.82) is 0 Å². The van der Waals surface area contributed by atoms with Crippen molar-refractivity contribution in [2.75, 3.05) is 30.2 Å². The van der Waals surface area contributed by atoms with Crippen molar-refractivity contribution in [1.82, 2.24) is 14.7 Å². The van der Waals surface area contributed by atoms with Crippen molar-refractivity contribution >= 4 is 15.8 Å². The molecule has 2 fully saturated rings. The first-order valence-electron chi connectivity index (χ1n) is 9.66. The van der Waals surface area contributed by atoms with Crippen LogP contribution in [0, 0.1) is 12.8 Å². The molecule has 0 bridgehead atoms. The van der Waals surface area contributed by atoms with E-state index in [1.807, 2.05) is 17.7 Å². The Morgan fingerprint density at radius 3 is 2.72 bits per heavy atom. The second kappa shape index (κ2) is 7.66. The summed E-state index contributed by atoms with van der Waals surface area (Å²) in [6.07, 6.45) is 8.32. The summed E-state index contributed by atoms with van der Waals surface area (Å²) in [5.41, 5.74) is 1.02. The van der Waals surface area contributed by atoms with Gasteiger partial charge in [0.05, 0.1) is 6.26 Å². The van der Waals surface area contributed by atoms with Crippen LogP contribution in [0.5, 0.6) is 0 Å². The maximum Gasteiger partial charge on any atom is 0.233 e. The van der Waals surface area contributed by atoms with Crippen LogP contribution in [0.15, 0.2) is 6.07 Å². The van der Waals surface area contributed by atoms with Crippen molar-refractivity contribution in [3.63, 3.8) is 0 Å². The standard InChI is InChI=1S/C18H32N4O2S/c1-4-10-21-15(2)13-18(19-21)22(25(3,23)24)14-16-8-7-12-20-11-6-5-9-17(16)20/h13,16-17H,4-12,14H2,1-3H3/t16-,17+/m0/s1. The summed E-state index contributed by atoms with van der Waals surface area (Å²) in [6.45, 7) is 7.82. The van der Waals surface area contributed by atoms with Gasteiger partial charge in [-0.15, -0.1) is 0 Å². The molecule has 0 amide bonds. The van der Waals surface area contributed by atoms with Gasteiger partial charge >= 0.3 is 0 Å². The van der Waals surface area contributed by atoms with Crippen LogP contribution < -0.4 is 4.31 Å². The lowest BCUT2D eigenvalue weighted by Crippen LogP contribution is -2.51. The molecule has 1 aromatic heterocycles. The number of sulfonamides is 1. The van der Waals surface area contributed by atoms with Crippen LogP contribution in [-0.2, 0) is 16.6 Å². The zero-order valence-corrected chi connectivity index (χ0v) is 16.6. The van der Waals surface area contributed by atoms with Crippen molar-refractivity contribution in [2.45, 2.75) is 65.0 Å². The molecule has 0 saturated carbocycles. The molecule has 0 aliphatic carbocycles. The molecule has 6 nitrogen and oxygen atoms in total. The van der Waals surface area contributed by atoms with E-state index in [0.29, 0.717) is 24.3 Å². The number of hydrogen-bond acceptors (Lipinski definition) is 4. The molecule has 0 radical (unpaired) electrons. The van der Waals surface area contributed by atoms with Gasteiger partial charge in [0.15, 0.2) is 5.82 Å². The molecule has 3 rings (SSSR count). The summed E-state index contributed by atoms with van der Waals surface area (Å²) < 4.78 is 28.5. The minimum absolute atomic E-state index is 0.403. The second-order valence-corrected chi connectivity index (χ2v) is 9.57. The summed E-state index contributed by atoms with van der Waals surface area (Å²) in [5, 5.41) is 4.59. The van der Waals surface area contributed by atoms with Gasteiger partial charge in [0.2, 0.25) is 10.0 Å². The zero-order valence-electron chi connectivity index (χ0n) is 15.8. The Hall–Kier alpha value is -1.08. The molecule has 0 N–H and O–H groups in total. The van der Waals surface area contributed by atoms with E-state index in [4.69, 9.17) is 0 Å². The molecule has 142 valence electrons. The third-order valence-electron chi connectivity index (χ3n) is 5.69. The fourth-order valence-corrected chi connectivity index (χ4v) is 5.35. The third kappa shape index (κ3) is 4.19. The summed E-state index contributed by atoms with van der Waals surface area (Å²) in [4.78, 5) is 2.58. The van der Waals surface area contributed by atoms with Gasteiger partial charge in [-0.05, 0) is 58.0 Å². The Bertz CT molecular complexity index is 683. The summed E-state index contributed by atoms with van der Waals surface area (Å²) in [6, 6.07) is 2.45. The molecule has 3 heterocycles. The highest BCUT2D eigenvalue weighted by Crippen LogP contribution is 2.33. The van der Waals surface area contributed by atoms with E-state index in [2.05, 4.69) is 16.9 Å². The largest absolute Gasteiger partial charge is 0.300 e. The smallest absolute Gasteiger partial charge is 0.233 e. The molecule has 25 heavy (non-hydrogen) atoms. The van der Waals surface area contributed by atoms with Crippen molar-refractivity contribution < 1.29 is 8.42 Å². The Kier molecular flexibility index (Phi) is 5.73. The van der Waals surface area contributed by atoms with E-state index in [1.54, 1.807) is 4.31 Å². The van der Waals surface area contributed by atoms with Crippen LogP contribution >= 0.6 is 0 Å². The first-order chi connectivity index (χ1) is 11.9. The molecule has 2 saturated heterocycles. The number of nitrogens with zero attached hydrogens (tertiary/aromatic N) is 4. The molecular weight excluding hydrogens is 336 g/mol. The van der Waals surface area contributed by atoms with Gasteiger partial charge < -0.3 is 4.90 Å². The highest BCUT2D eigenvalue weighted by Gasteiger charge is 2.36. The fourth-order valence-electron chi connectivity index (χ4n) is 4.45. The van der Waals surface area contributed by atoms with Crippen LogP contribution in [0.1, 0.15) is 51.1 Å². The molecule has 1 aromatic rings. The number of piperidine rings is 2. The van der Waals surface area contributed by atoms with Gasteiger partial charge in [0, 0.05) is 30.9 Å². The van der Waals surface area contributed by atoms with E-state index in [1.165, 1.54) is 45.0 Å². The van der Waals surface area contributed by atoms with E-state index in [-0.39, 0.29) is 0 Å². The van der Waals surface area contributed by atoms with Gasteiger partial charge in [-0.1, -0.05) is 13.3 Å². The maximum atomic E-state index is 12.5. The predicted octanol–water partition coefficient (Wildman–Crippen LogP) is 2.63. The SMILES string of the molecule is CCCn1nc(N(C[C@@H]2CCCN3CCCC[C@H]23)S(C)(=O)=O)cc1C. The van der Waals surface area contributed by atoms with Gasteiger partial charge in [0.1, 0.15) is 0 Å². The Morgan fingerprint density at radius 2 is 2.00 bits per heavy atom. The van der Waals surface area contributed by atoms with Crippen molar-refractivity contribution in [2.24, 2.45) is 5.92 Å². The van der Waals surface area contributed by atoms with E-state index in [0.717, 1.165) is 25.1 Å². The molecule has 2 aliphatic rings. The van der Waals surface area contributed by atoms with E-state index in [9.17, 15) is 8.42 Å². The summed E-state index contributed by atoms with van der Waals surface area (Å²) in [5.74, 6) is 0.988. The lowest BCUT2D eigenvalue weighted by atomic mass is 9.83. The maximum absolute atomic E-state index is 12.5. The molecule has 0 aromatic carbocycles. The second-order valence-electron chi connectivity index (χ2n) is 7.66. The Balaban J connectivity index is 1.83. The van der Waals surface area contributed by atoms with Crippen LogP contribution in [0.4, 0.5) is 5.82 Å². The monoisotopic (exact) mass is 368 g/mol. The van der Waals surface area contributed by atoms with Crippen molar-refractivity contribution in [3.05, 3.63) is 11.8 Å². The average molecular weight is 369 g/mol. The predicted molar refractivity (Wildman–Crippen MR) is 101 cm³/mol. The van der Waals surface area contributed by atoms with Crippen LogP contribution in [0.2, 0.25) is 0 Å². The highest BCUT2D eigenvalue weighted by atomic mass is 32.2. The lowest BCUT2D eigenvalue weighted by Gasteiger charge is -2.45. The molecule has 0 unspecified atom stereocenters. The average Bonchev–Trinajstić information content (AvgIpc) is 2.92. The number of hydrogen-bond donors (Lipinski definition) is 0. The molecule has 2 atom stereocenters. The topological polar surface area (TPSA) is 58.4 Å².